The van der Waals surface area contributed by atoms with E-state index in [1.807, 2.05) is 58.0 Å². The normalized spacial score (nSPS) is 11.0. The Morgan fingerprint density at radius 3 is 2.20 bits per heavy atom. The lowest BCUT2D eigenvalue weighted by atomic mass is 10.1. The van der Waals surface area contributed by atoms with Crippen molar-refractivity contribution >= 4 is 17.4 Å². The number of hydrogen-bond donors (Lipinski definition) is 4. The predicted molar refractivity (Wildman–Crippen MR) is 104 cm³/mol. The number of aryl methyl sites for hydroxylation is 2. The van der Waals surface area contributed by atoms with E-state index in [9.17, 15) is 9.90 Å². The van der Waals surface area contributed by atoms with Gasteiger partial charge in [0, 0.05) is 17.8 Å². The fourth-order valence-corrected chi connectivity index (χ4v) is 2.11. The van der Waals surface area contributed by atoms with Gasteiger partial charge in [-0.15, -0.1) is 0 Å². The maximum absolute atomic E-state index is 12.1. The zero-order chi connectivity index (χ0) is 19.0. The summed E-state index contributed by atoms with van der Waals surface area (Å²) in [4.78, 5) is 12.1. The Morgan fingerprint density at radius 1 is 1.04 bits per heavy atom. The topological polar surface area (TPSA) is 101 Å². The maximum Gasteiger partial charge on any atom is 0.271 e. The summed E-state index contributed by atoms with van der Waals surface area (Å²) in [6.07, 6.45) is 0. The number of nitrogens with one attached hydrogen (secondary N) is 1. The summed E-state index contributed by atoms with van der Waals surface area (Å²) >= 11 is 0. The Morgan fingerprint density at radius 2 is 1.60 bits per heavy atom. The van der Waals surface area contributed by atoms with Gasteiger partial charge < -0.3 is 21.9 Å². The van der Waals surface area contributed by atoms with E-state index < -0.39 is 5.91 Å². The largest absolute Gasteiger partial charge is 0.505 e. The van der Waals surface area contributed by atoms with Crippen LogP contribution < -0.4 is 16.8 Å². The summed E-state index contributed by atoms with van der Waals surface area (Å²) in [5, 5.41) is 12.9. The number of aliphatic hydroxyl groups excluding tert-OH is 1. The average Bonchev–Trinajstić information content (AvgIpc) is 2.63. The summed E-state index contributed by atoms with van der Waals surface area (Å²) in [6.45, 7) is 8.19. The Labute approximate surface area is 149 Å². The fourth-order valence-electron chi connectivity index (χ4n) is 2.11. The molecule has 0 radical (unpaired) electrons. The highest BCUT2D eigenvalue weighted by Crippen LogP contribution is 2.22. The van der Waals surface area contributed by atoms with Crippen LogP contribution >= 0.6 is 0 Å². The standard InChI is InChI=1S/C18H21N3O2.C2H6/c1-11-3-6-13(7-4-11)10-21-18(23)16(20)17(22)14-9-12(2)5-8-15(14)19;1-2/h3-9,22H,10,19-20H2,1-2H3,(H,21,23);1-2H3/b17-16+;. The van der Waals surface area contributed by atoms with Crippen molar-refractivity contribution in [2.24, 2.45) is 5.73 Å². The van der Waals surface area contributed by atoms with E-state index in [4.69, 9.17) is 11.5 Å². The van der Waals surface area contributed by atoms with E-state index in [2.05, 4.69) is 5.32 Å². The van der Waals surface area contributed by atoms with Crippen LogP contribution in [0.15, 0.2) is 48.2 Å². The molecule has 0 aliphatic heterocycles. The summed E-state index contributed by atoms with van der Waals surface area (Å²) in [5.41, 5.74) is 15.1. The number of carbonyl (C=O) groups is 1. The molecule has 0 fully saturated rings. The van der Waals surface area contributed by atoms with Gasteiger partial charge in [0.2, 0.25) is 0 Å². The van der Waals surface area contributed by atoms with Crippen LogP contribution in [0.5, 0.6) is 0 Å². The fraction of sp³-hybridized carbons (Fsp3) is 0.250. The van der Waals surface area contributed by atoms with Crippen LogP contribution in [0.3, 0.4) is 0 Å². The van der Waals surface area contributed by atoms with Crippen molar-refractivity contribution in [3.8, 4) is 0 Å². The van der Waals surface area contributed by atoms with Crippen LogP contribution in [-0.2, 0) is 11.3 Å². The van der Waals surface area contributed by atoms with Crippen molar-refractivity contribution in [3.63, 3.8) is 0 Å². The number of carbonyl (C=O) groups excluding carboxylic acids is 1. The van der Waals surface area contributed by atoms with Gasteiger partial charge in [-0.05, 0) is 31.5 Å². The molecule has 0 saturated heterocycles. The average molecular weight is 341 g/mol. The van der Waals surface area contributed by atoms with Gasteiger partial charge in [0.15, 0.2) is 5.76 Å². The molecule has 5 nitrogen and oxygen atoms in total. The first-order valence-electron chi connectivity index (χ1n) is 8.27. The third-order valence-electron chi connectivity index (χ3n) is 3.54. The van der Waals surface area contributed by atoms with Crippen molar-refractivity contribution in [3.05, 3.63) is 70.4 Å². The summed E-state index contributed by atoms with van der Waals surface area (Å²) in [5.74, 6) is -0.850. The van der Waals surface area contributed by atoms with Gasteiger partial charge in [0.05, 0.1) is 0 Å². The minimum absolute atomic E-state index is 0.255. The smallest absolute Gasteiger partial charge is 0.271 e. The molecule has 0 atom stereocenters. The first-order chi connectivity index (χ1) is 11.9. The Kier molecular flexibility index (Phi) is 7.53. The van der Waals surface area contributed by atoms with Crippen molar-refractivity contribution in [2.45, 2.75) is 34.2 Å². The molecular weight excluding hydrogens is 314 g/mol. The molecule has 2 aromatic carbocycles. The zero-order valence-corrected chi connectivity index (χ0v) is 15.3. The molecule has 2 rings (SSSR count). The molecule has 1 amide bonds. The SMILES string of the molecule is CC.Cc1ccc(CNC(=O)/C(N)=C(\O)c2cc(C)ccc2N)cc1. The Hall–Kier alpha value is -2.95. The van der Waals surface area contributed by atoms with Crippen LogP contribution in [0.1, 0.15) is 36.1 Å². The highest BCUT2D eigenvalue weighted by Gasteiger charge is 2.15. The van der Waals surface area contributed by atoms with E-state index >= 15 is 0 Å². The number of benzene rings is 2. The van der Waals surface area contributed by atoms with Crippen LogP contribution in [0.25, 0.3) is 5.76 Å². The van der Waals surface area contributed by atoms with Gasteiger partial charge in [-0.25, -0.2) is 0 Å². The van der Waals surface area contributed by atoms with Crippen LogP contribution in [-0.4, -0.2) is 11.0 Å². The van der Waals surface area contributed by atoms with E-state index in [-0.39, 0.29) is 11.5 Å². The molecule has 6 N–H and O–H groups in total. The molecule has 5 heteroatoms. The maximum atomic E-state index is 12.1. The molecule has 0 aliphatic carbocycles. The number of rotatable bonds is 4. The number of hydrogen-bond acceptors (Lipinski definition) is 4. The summed E-state index contributed by atoms with van der Waals surface area (Å²) in [7, 11) is 0. The Bertz CT molecular complexity index is 750. The van der Waals surface area contributed by atoms with Gasteiger partial charge in [-0.3, -0.25) is 4.79 Å². The minimum atomic E-state index is -0.538. The molecule has 0 aliphatic rings. The molecule has 25 heavy (non-hydrogen) atoms. The summed E-state index contributed by atoms with van der Waals surface area (Å²) < 4.78 is 0. The molecule has 0 bridgehead atoms. The predicted octanol–water partition coefficient (Wildman–Crippen LogP) is 3.41. The molecule has 0 aromatic heterocycles. The highest BCUT2D eigenvalue weighted by molar-refractivity contribution is 5.99. The monoisotopic (exact) mass is 341 g/mol. The third kappa shape index (κ3) is 5.57. The Balaban J connectivity index is 0.00000151. The van der Waals surface area contributed by atoms with Gasteiger partial charge in [0.25, 0.3) is 5.91 Å². The second kappa shape index (κ2) is 9.37. The number of amides is 1. The third-order valence-corrected chi connectivity index (χ3v) is 3.54. The van der Waals surface area contributed by atoms with Crippen molar-refractivity contribution < 1.29 is 9.90 Å². The van der Waals surface area contributed by atoms with Gasteiger partial charge >= 0.3 is 0 Å². The first-order valence-corrected chi connectivity index (χ1v) is 8.27. The van der Waals surface area contributed by atoms with Crippen molar-refractivity contribution in [2.75, 3.05) is 5.73 Å². The van der Waals surface area contributed by atoms with E-state index in [0.29, 0.717) is 17.8 Å². The molecule has 0 saturated carbocycles. The quantitative estimate of drug-likeness (QED) is 0.389. The first kappa shape index (κ1) is 20.1. The lowest BCUT2D eigenvalue weighted by Gasteiger charge is -2.10. The number of anilines is 1. The molecular formula is C20H27N3O2. The number of aliphatic hydroxyl groups is 1. The van der Waals surface area contributed by atoms with Crippen LogP contribution in [0, 0.1) is 13.8 Å². The second-order valence-corrected chi connectivity index (χ2v) is 5.52. The van der Waals surface area contributed by atoms with Crippen molar-refractivity contribution in [1.29, 1.82) is 0 Å². The minimum Gasteiger partial charge on any atom is -0.505 e. The molecule has 0 spiro atoms. The molecule has 0 unspecified atom stereocenters. The molecule has 134 valence electrons. The van der Waals surface area contributed by atoms with Crippen molar-refractivity contribution in [1.82, 2.24) is 5.32 Å². The number of nitrogens with two attached hydrogens (primary N) is 2. The van der Waals surface area contributed by atoms with E-state index in [0.717, 1.165) is 16.7 Å². The van der Waals surface area contributed by atoms with Gasteiger partial charge in [-0.2, -0.15) is 0 Å². The summed E-state index contributed by atoms with van der Waals surface area (Å²) in [6, 6.07) is 12.9. The number of nitrogen functional groups attached to an aromatic ring is 1. The van der Waals surface area contributed by atoms with Gasteiger partial charge in [0.1, 0.15) is 5.70 Å². The molecule has 0 heterocycles. The van der Waals surface area contributed by atoms with E-state index in [1.54, 1.807) is 12.1 Å². The van der Waals surface area contributed by atoms with Gasteiger partial charge in [-0.1, -0.05) is 55.3 Å². The zero-order valence-electron chi connectivity index (χ0n) is 15.3. The molecule has 2 aromatic rings. The van der Waals surface area contributed by atoms with Crippen LogP contribution in [0.4, 0.5) is 5.69 Å². The van der Waals surface area contributed by atoms with E-state index in [1.165, 1.54) is 0 Å². The van der Waals surface area contributed by atoms with Crippen LogP contribution in [0.2, 0.25) is 0 Å². The second-order valence-electron chi connectivity index (χ2n) is 5.52. The lowest BCUT2D eigenvalue weighted by Crippen LogP contribution is -2.29. The lowest BCUT2D eigenvalue weighted by molar-refractivity contribution is -0.117. The highest BCUT2D eigenvalue weighted by atomic mass is 16.3.